The fourth-order valence-electron chi connectivity index (χ4n) is 0.846. The molecule has 0 aliphatic carbocycles. The van der Waals surface area contributed by atoms with E-state index in [4.69, 9.17) is 17.1 Å². The number of rotatable bonds is 8. The van der Waals surface area contributed by atoms with Gasteiger partial charge >= 0.3 is 15.9 Å². The molecule has 1 radical (unpaired) electrons. The van der Waals surface area contributed by atoms with Crippen LogP contribution < -0.4 is 0 Å². The maximum Gasteiger partial charge on any atom is 0.649 e. The molecule has 4 nitrogen and oxygen atoms in total. The number of ether oxygens (including phenoxy) is 2. The van der Waals surface area contributed by atoms with Crippen molar-refractivity contribution in [3.8, 4) is 0 Å². The Bertz CT molecular complexity index is 192. The van der Waals surface area contributed by atoms with Gasteiger partial charge in [0.1, 0.15) is 0 Å². The second kappa shape index (κ2) is 19.9. The predicted molar refractivity (Wildman–Crippen MR) is 75.0 cm³/mol. The van der Waals surface area contributed by atoms with E-state index in [-0.39, 0.29) is 29.6 Å². The number of hydrogen-bond acceptors (Lipinski definition) is 4. The second-order valence-corrected chi connectivity index (χ2v) is 4.13. The van der Waals surface area contributed by atoms with Crippen LogP contribution in [-0.4, -0.2) is 86.1 Å². The van der Waals surface area contributed by atoms with Crippen LogP contribution in [0.25, 0.3) is 0 Å². The van der Waals surface area contributed by atoms with Crippen molar-refractivity contribution in [1.82, 2.24) is 0 Å². The smallest absolute Gasteiger partial charge is 0.479 e. The summed E-state index contributed by atoms with van der Waals surface area (Å²) in [6.45, 7) is 2.55. The van der Waals surface area contributed by atoms with Gasteiger partial charge in [-0.3, -0.25) is 0 Å². The van der Waals surface area contributed by atoms with Gasteiger partial charge in [0.2, 0.25) is 0 Å². The minimum Gasteiger partial charge on any atom is -0.479 e. The van der Waals surface area contributed by atoms with Crippen molar-refractivity contribution >= 4 is 45.4 Å². The van der Waals surface area contributed by atoms with Gasteiger partial charge in [-0.1, -0.05) is 36.4 Å². The molecule has 0 spiro atoms. The predicted octanol–water partition coefficient (Wildman–Crippen LogP) is 0.885. The van der Waals surface area contributed by atoms with Gasteiger partial charge in [0.15, 0.2) is 0 Å². The molecule has 0 aliphatic heterocycles. The van der Waals surface area contributed by atoms with Gasteiger partial charge in [0.05, 0.1) is 13.2 Å². The zero-order valence-corrected chi connectivity index (χ0v) is 15.0. The molecule has 18 heavy (non-hydrogen) atoms. The zero-order chi connectivity index (χ0) is 12.6. The normalized spacial score (nSPS) is 8.78. The molecule has 1 aromatic rings. The van der Waals surface area contributed by atoms with Crippen LogP contribution >= 0.6 is 0 Å². The maximum atomic E-state index is 5.16. The van der Waals surface area contributed by atoms with E-state index in [0.29, 0.717) is 26.4 Å². The van der Waals surface area contributed by atoms with E-state index in [0.717, 1.165) is 0 Å². The van der Waals surface area contributed by atoms with Gasteiger partial charge in [-0.05, 0) is 0 Å². The van der Waals surface area contributed by atoms with Crippen molar-refractivity contribution < 1.29 is 17.1 Å². The summed E-state index contributed by atoms with van der Waals surface area (Å²) in [4.78, 5) is 0. The van der Waals surface area contributed by atoms with E-state index < -0.39 is 15.9 Å². The van der Waals surface area contributed by atoms with Crippen molar-refractivity contribution in [2.75, 3.05) is 40.6 Å². The van der Waals surface area contributed by atoms with Gasteiger partial charge in [-0.15, -0.1) is 0 Å². The van der Waals surface area contributed by atoms with E-state index >= 15 is 0 Å². The van der Waals surface area contributed by atoms with Crippen molar-refractivity contribution in [1.29, 1.82) is 0 Å². The minimum atomic E-state index is -0.789. The molecule has 0 heterocycles. The molecule has 0 aliphatic rings. The van der Waals surface area contributed by atoms with Crippen molar-refractivity contribution in [2.45, 2.75) is 0 Å². The molecule has 0 amide bonds. The summed E-state index contributed by atoms with van der Waals surface area (Å²) in [5.41, 5.74) is 0. The van der Waals surface area contributed by atoms with Gasteiger partial charge in [-0.25, -0.2) is 0 Å². The molecule has 0 N–H and O–H groups in total. The van der Waals surface area contributed by atoms with Crippen LogP contribution in [0, 0.1) is 0 Å². The first kappa shape index (κ1) is 20.9. The molecule has 0 aromatic heterocycles. The van der Waals surface area contributed by atoms with Crippen LogP contribution in [-0.2, 0) is 17.1 Å². The zero-order valence-electron chi connectivity index (χ0n) is 11.6. The summed E-state index contributed by atoms with van der Waals surface area (Å²) in [5.74, 6) is 0. The van der Waals surface area contributed by atoms with Crippen LogP contribution in [0.3, 0.4) is 0 Å². The summed E-state index contributed by atoms with van der Waals surface area (Å²) < 4.78 is 19.9. The molecule has 1 rings (SSSR count). The number of benzene rings is 1. The first-order valence-electron chi connectivity index (χ1n) is 5.55. The molecular formula is C12H21AlNaO4. The molecular weight excluding hydrogens is 258 g/mol. The standard InChI is InChI=1S/C6H6.2C3H7O2.Al.Na.H/c1-2-4-6-5-3-1;2*1-5-3-2-4;;;/h1-6H;2*2-3H2,1H3;;;/q;2*-1;+2;;. The number of methoxy groups -OCH3 is 2. The average Bonchev–Trinajstić information content (AvgIpc) is 2.41. The van der Waals surface area contributed by atoms with E-state index in [1.807, 2.05) is 36.4 Å². The molecule has 0 atom stereocenters. The molecule has 0 unspecified atom stereocenters. The third-order valence-corrected chi connectivity index (χ3v) is 2.61. The fraction of sp³-hybridized carbons (Fsp3) is 0.500. The van der Waals surface area contributed by atoms with Gasteiger partial charge < -0.3 is 17.1 Å². The van der Waals surface area contributed by atoms with Gasteiger partial charge in [0, 0.05) is 57.0 Å². The fourth-order valence-corrected chi connectivity index (χ4v) is 1.44. The molecule has 0 saturated heterocycles. The van der Waals surface area contributed by atoms with Gasteiger partial charge in [0.25, 0.3) is 0 Å². The van der Waals surface area contributed by atoms with E-state index in [1.54, 1.807) is 14.2 Å². The average molecular weight is 279 g/mol. The van der Waals surface area contributed by atoms with Crippen molar-refractivity contribution in [2.24, 2.45) is 0 Å². The molecule has 1 aromatic carbocycles. The first-order chi connectivity index (χ1) is 8.41. The summed E-state index contributed by atoms with van der Waals surface area (Å²) in [5, 5.41) is 0. The quantitative estimate of drug-likeness (QED) is 0.523. The van der Waals surface area contributed by atoms with Crippen LogP contribution in [0.2, 0.25) is 0 Å². The molecule has 97 valence electrons. The summed E-state index contributed by atoms with van der Waals surface area (Å²) >= 11 is -0.789. The van der Waals surface area contributed by atoms with Crippen LogP contribution in [0.4, 0.5) is 0 Å². The third-order valence-electron chi connectivity index (χ3n) is 1.70. The molecule has 6 heteroatoms. The maximum absolute atomic E-state index is 5.16. The second-order valence-electron chi connectivity index (χ2n) is 3.07. The minimum absolute atomic E-state index is 0. The summed E-state index contributed by atoms with van der Waals surface area (Å²) in [6.07, 6.45) is 0. The van der Waals surface area contributed by atoms with E-state index in [9.17, 15) is 0 Å². The largest absolute Gasteiger partial charge is 0.649 e. The van der Waals surface area contributed by atoms with E-state index in [1.165, 1.54) is 0 Å². The Kier molecular flexibility index (Phi) is 23.1. The Morgan fingerprint density at radius 1 is 0.667 bits per heavy atom. The van der Waals surface area contributed by atoms with Crippen molar-refractivity contribution in [3.05, 3.63) is 36.4 Å². The Hall–Kier alpha value is 0.592. The number of hydrogen-bond donors (Lipinski definition) is 0. The first-order valence-corrected chi connectivity index (χ1v) is 6.70. The van der Waals surface area contributed by atoms with Crippen LogP contribution in [0.5, 0.6) is 0 Å². The Labute approximate surface area is 139 Å². The Morgan fingerprint density at radius 3 is 1.28 bits per heavy atom. The topological polar surface area (TPSA) is 36.9 Å². The SMILES string of the molecule is COCC[O][AlH][O]CCOC.[Na].c1ccccc1. The molecule has 0 fully saturated rings. The Morgan fingerprint density at radius 2 is 1.00 bits per heavy atom. The molecule has 0 bridgehead atoms. The summed E-state index contributed by atoms with van der Waals surface area (Å²) in [6, 6.07) is 12.0. The molecule has 0 saturated carbocycles. The van der Waals surface area contributed by atoms with Gasteiger partial charge in [-0.2, -0.15) is 0 Å². The van der Waals surface area contributed by atoms with Crippen molar-refractivity contribution in [3.63, 3.8) is 0 Å². The Balaban J connectivity index is 0. The van der Waals surface area contributed by atoms with E-state index in [2.05, 4.69) is 0 Å². The van der Waals surface area contributed by atoms with Crippen LogP contribution in [0.15, 0.2) is 36.4 Å². The summed E-state index contributed by atoms with van der Waals surface area (Å²) in [7, 11) is 3.30. The van der Waals surface area contributed by atoms with Crippen LogP contribution in [0.1, 0.15) is 0 Å². The third kappa shape index (κ3) is 18.9. The monoisotopic (exact) mass is 279 g/mol.